The minimum Gasteiger partial charge on any atom is -0.490 e. The molecule has 2 aromatic carbocycles. The highest BCUT2D eigenvalue weighted by Gasteiger charge is 2.33. The predicted octanol–water partition coefficient (Wildman–Crippen LogP) is 5.50. The molecule has 0 aromatic heterocycles. The first-order valence-corrected chi connectivity index (χ1v) is 10.8. The number of carbonyl (C=O) groups is 1. The van der Waals surface area contributed by atoms with E-state index in [2.05, 4.69) is 25.3 Å². The van der Waals surface area contributed by atoms with Gasteiger partial charge in [0.2, 0.25) is 0 Å². The third-order valence-corrected chi connectivity index (χ3v) is 5.88. The Bertz CT molecular complexity index is 917. The Hall–Kier alpha value is -2.57. The normalized spacial score (nSPS) is 15.1. The number of thioether (sulfide) groups is 1. The molecular weight excluding hydrogens is 400 g/mol. The molecule has 0 aliphatic carbocycles. The summed E-state index contributed by atoms with van der Waals surface area (Å²) in [6.45, 7) is 10.2. The lowest BCUT2D eigenvalue weighted by Gasteiger charge is -2.22. The first kappa shape index (κ1) is 21.1. The summed E-state index contributed by atoms with van der Waals surface area (Å²) in [5.74, 6) is 0.672. The molecule has 1 heterocycles. The Labute approximate surface area is 181 Å². The molecule has 6 heteroatoms. The van der Waals surface area contributed by atoms with Gasteiger partial charge in [-0.15, -0.1) is 0 Å². The largest absolute Gasteiger partial charge is 0.490 e. The molecule has 1 fully saturated rings. The Kier molecular flexibility index (Phi) is 7.12. The fraction of sp³-hybridized carbons (Fsp3) is 0.217. The molecule has 1 aliphatic rings. The summed E-state index contributed by atoms with van der Waals surface area (Å²) in [4.78, 5) is 17.4. The lowest BCUT2D eigenvalue weighted by molar-refractivity contribution is -0.113. The minimum atomic E-state index is -0.0948. The van der Waals surface area contributed by atoms with Crippen LogP contribution in [0.15, 0.2) is 66.1 Å². The van der Waals surface area contributed by atoms with E-state index < -0.39 is 0 Å². The van der Waals surface area contributed by atoms with Gasteiger partial charge in [0.25, 0.3) is 5.91 Å². The summed E-state index contributed by atoms with van der Waals surface area (Å²) in [5.41, 5.74) is 2.85. The van der Waals surface area contributed by atoms with Crippen LogP contribution in [-0.2, 0) is 4.79 Å². The van der Waals surface area contributed by atoms with Gasteiger partial charge in [-0.3, -0.25) is 9.69 Å². The van der Waals surface area contributed by atoms with Crippen LogP contribution in [0.25, 0.3) is 6.08 Å². The molecule has 29 heavy (non-hydrogen) atoms. The minimum absolute atomic E-state index is 0.0948. The molecule has 0 N–H and O–H groups in total. The molecule has 2 aromatic rings. The molecule has 3 rings (SSSR count). The fourth-order valence-corrected chi connectivity index (χ4v) is 4.36. The van der Waals surface area contributed by atoms with Crippen LogP contribution in [0.2, 0.25) is 0 Å². The number of benzene rings is 2. The molecule has 4 nitrogen and oxygen atoms in total. The molecule has 1 saturated heterocycles. The maximum atomic E-state index is 13.0. The van der Waals surface area contributed by atoms with Gasteiger partial charge in [0.1, 0.15) is 12.4 Å². The van der Waals surface area contributed by atoms with E-state index in [4.69, 9.17) is 17.0 Å². The van der Waals surface area contributed by atoms with Crippen molar-refractivity contribution < 1.29 is 9.53 Å². The molecular formula is C23H24N2O2S2. The number of hydrogen-bond acceptors (Lipinski definition) is 5. The van der Waals surface area contributed by atoms with Crippen molar-refractivity contribution in [3.8, 4) is 5.75 Å². The van der Waals surface area contributed by atoms with Crippen LogP contribution >= 0.6 is 24.0 Å². The summed E-state index contributed by atoms with van der Waals surface area (Å²) in [7, 11) is 0. The molecule has 0 atom stereocenters. The highest BCUT2D eigenvalue weighted by molar-refractivity contribution is 8.27. The predicted molar refractivity (Wildman–Crippen MR) is 128 cm³/mol. The Balaban J connectivity index is 1.77. The van der Waals surface area contributed by atoms with E-state index in [1.807, 2.05) is 54.6 Å². The fourth-order valence-electron chi connectivity index (χ4n) is 3.06. The van der Waals surface area contributed by atoms with E-state index >= 15 is 0 Å². The number of ether oxygens (including phenoxy) is 1. The van der Waals surface area contributed by atoms with Gasteiger partial charge in [-0.2, -0.15) is 0 Å². The van der Waals surface area contributed by atoms with E-state index in [-0.39, 0.29) is 5.91 Å². The molecule has 0 radical (unpaired) electrons. The van der Waals surface area contributed by atoms with Crippen molar-refractivity contribution in [3.05, 3.63) is 71.7 Å². The maximum Gasteiger partial charge on any atom is 0.270 e. The van der Waals surface area contributed by atoms with Crippen LogP contribution in [0.3, 0.4) is 0 Å². The van der Waals surface area contributed by atoms with Crippen molar-refractivity contribution in [1.29, 1.82) is 0 Å². The molecule has 0 unspecified atom stereocenters. The number of nitrogens with zero attached hydrogens (tertiary/aromatic N) is 2. The topological polar surface area (TPSA) is 32.8 Å². The van der Waals surface area contributed by atoms with Crippen molar-refractivity contribution in [1.82, 2.24) is 0 Å². The van der Waals surface area contributed by atoms with Gasteiger partial charge in [-0.25, -0.2) is 0 Å². The maximum absolute atomic E-state index is 13.0. The van der Waals surface area contributed by atoms with Crippen LogP contribution in [-0.4, -0.2) is 29.9 Å². The second kappa shape index (κ2) is 9.76. The van der Waals surface area contributed by atoms with Gasteiger partial charge in [0.15, 0.2) is 4.32 Å². The third kappa shape index (κ3) is 4.89. The lowest BCUT2D eigenvalue weighted by Crippen LogP contribution is -2.27. The quantitative estimate of drug-likeness (QED) is 0.317. The van der Waals surface area contributed by atoms with Crippen LogP contribution in [0.1, 0.15) is 19.4 Å². The van der Waals surface area contributed by atoms with Crippen LogP contribution in [0, 0.1) is 0 Å². The second-order valence-electron chi connectivity index (χ2n) is 6.37. The number of anilines is 2. The highest BCUT2D eigenvalue weighted by Crippen LogP contribution is 2.36. The number of thiocarbonyl (C=S) groups is 1. The van der Waals surface area contributed by atoms with Gasteiger partial charge < -0.3 is 9.64 Å². The molecule has 1 aliphatic heterocycles. The van der Waals surface area contributed by atoms with Crippen molar-refractivity contribution >= 4 is 51.7 Å². The summed E-state index contributed by atoms with van der Waals surface area (Å²) >= 11 is 6.80. The molecule has 0 spiro atoms. The summed E-state index contributed by atoms with van der Waals surface area (Å²) in [5, 5.41) is 0. The highest BCUT2D eigenvalue weighted by atomic mass is 32.2. The summed E-state index contributed by atoms with van der Waals surface area (Å²) in [6, 6.07) is 15.6. The van der Waals surface area contributed by atoms with E-state index in [0.29, 0.717) is 15.8 Å². The van der Waals surface area contributed by atoms with Crippen molar-refractivity contribution in [3.63, 3.8) is 0 Å². The van der Waals surface area contributed by atoms with Gasteiger partial charge in [0, 0.05) is 18.8 Å². The van der Waals surface area contributed by atoms with Gasteiger partial charge in [-0.05, 0) is 61.9 Å². The average Bonchev–Trinajstić information content (AvgIpc) is 3.02. The van der Waals surface area contributed by atoms with Crippen molar-refractivity contribution in [2.24, 2.45) is 0 Å². The lowest BCUT2D eigenvalue weighted by atomic mass is 10.2. The van der Waals surface area contributed by atoms with E-state index in [9.17, 15) is 4.79 Å². The van der Waals surface area contributed by atoms with Crippen LogP contribution in [0.5, 0.6) is 5.75 Å². The number of amides is 1. The second-order valence-corrected chi connectivity index (χ2v) is 8.05. The van der Waals surface area contributed by atoms with Gasteiger partial charge in [-0.1, -0.05) is 48.8 Å². The zero-order chi connectivity index (χ0) is 20.8. The SMILES string of the molecule is C=CCOc1ccc(/C=C2\SC(=S)N(c3ccc(N(CC)CC)cc3)C2=O)cc1. The molecule has 0 saturated carbocycles. The average molecular weight is 425 g/mol. The summed E-state index contributed by atoms with van der Waals surface area (Å²) in [6.07, 6.45) is 3.56. The third-order valence-electron chi connectivity index (χ3n) is 4.58. The molecule has 1 amide bonds. The zero-order valence-corrected chi connectivity index (χ0v) is 18.3. The van der Waals surface area contributed by atoms with Crippen LogP contribution < -0.4 is 14.5 Å². The smallest absolute Gasteiger partial charge is 0.270 e. The van der Waals surface area contributed by atoms with Crippen LogP contribution in [0.4, 0.5) is 11.4 Å². The number of hydrogen-bond donors (Lipinski definition) is 0. The Morgan fingerprint density at radius 1 is 1.10 bits per heavy atom. The van der Waals surface area contributed by atoms with Gasteiger partial charge >= 0.3 is 0 Å². The Morgan fingerprint density at radius 2 is 1.76 bits per heavy atom. The molecule has 150 valence electrons. The summed E-state index contributed by atoms with van der Waals surface area (Å²) < 4.78 is 6.04. The number of carbonyl (C=O) groups excluding carboxylic acids is 1. The van der Waals surface area contributed by atoms with Crippen molar-refractivity contribution in [2.75, 3.05) is 29.5 Å². The standard InChI is InChI=1S/C23H24N2O2S2/c1-4-15-27-20-13-7-17(8-14-20)16-21-22(26)25(23(28)29-21)19-11-9-18(10-12-19)24(5-2)6-3/h4,7-14,16H,1,5-6,15H2,2-3H3/b21-16-. The zero-order valence-electron chi connectivity index (χ0n) is 16.6. The van der Waals surface area contributed by atoms with E-state index in [1.54, 1.807) is 11.0 Å². The first-order valence-electron chi connectivity index (χ1n) is 9.54. The van der Waals surface area contributed by atoms with E-state index in [1.165, 1.54) is 11.8 Å². The Morgan fingerprint density at radius 3 is 2.34 bits per heavy atom. The van der Waals surface area contributed by atoms with E-state index in [0.717, 1.165) is 35.8 Å². The molecule has 0 bridgehead atoms. The number of rotatable bonds is 8. The first-order chi connectivity index (χ1) is 14.1. The van der Waals surface area contributed by atoms with Crippen molar-refractivity contribution in [2.45, 2.75) is 13.8 Å². The monoisotopic (exact) mass is 424 g/mol. The van der Waals surface area contributed by atoms with Gasteiger partial charge in [0.05, 0.1) is 10.6 Å².